The quantitative estimate of drug-likeness (QED) is 0.881. The molecule has 5 nitrogen and oxygen atoms in total. The van der Waals surface area contributed by atoms with Crippen LogP contribution in [-0.2, 0) is 22.8 Å². The summed E-state index contributed by atoms with van der Waals surface area (Å²) >= 11 is 0. The van der Waals surface area contributed by atoms with Crippen LogP contribution in [0.2, 0.25) is 0 Å². The molecule has 0 atom stereocenters. The fourth-order valence-corrected chi connectivity index (χ4v) is 2.41. The summed E-state index contributed by atoms with van der Waals surface area (Å²) in [6, 6.07) is 1.82. The van der Waals surface area contributed by atoms with Crippen molar-refractivity contribution in [3.05, 3.63) is 11.8 Å². The van der Waals surface area contributed by atoms with Gasteiger partial charge in [0.05, 0.1) is 18.0 Å². The van der Waals surface area contributed by atoms with Gasteiger partial charge in [-0.25, -0.2) is 13.1 Å². The van der Waals surface area contributed by atoms with E-state index >= 15 is 0 Å². The first-order valence-corrected chi connectivity index (χ1v) is 7.98. The zero-order valence-electron chi connectivity index (χ0n) is 11.6. The van der Waals surface area contributed by atoms with Crippen LogP contribution in [-0.4, -0.2) is 29.7 Å². The van der Waals surface area contributed by atoms with E-state index in [1.807, 2.05) is 6.07 Å². The Labute approximate surface area is 109 Å². The van der Waals surface area contributed by atoms with Gasteiger partial charge in [0.15, 0.2) is 9.84 Å². The first kappa shape index (κ1) is 15.0. The Hall–Kier alpha value is -1.04. The second-order valence-electron chi connectivity index (χ2n) is 5.76. The van der Waals surface area contributed by atoms with Crippen LogP contribution in [0, 0.1) is 5.41 Å². The molecule has 0 aromatic carbocycles. The molecule has 0 saturated carbocycles. The number of rotatable bonds is 5. The van der Waals surface area contributed by atoms with Gasteiger partial charge in [0.25, 0.3) is 0 Å². The molecule has 104 valence electrons. The van der Waals surface area contributed by atoms with Crippen LogP contribution in [0.3, 0.4) is 0 Å². The van der Waals surface area contributed by atoms with Crippen LogP contribution in [0.5, 0.6) is 0 Å². The Balaban J connectivity index is 2.74. The van der Waals surface area contributed by atoms with E-state index in [9.17, 15) is 8.42 Å². The summed E-state index contributed by atoms with van der Waals surface area (Å²) in [6.45, 7) is 8.36. The van der Waals surface area contributed by atoms with E-state index in [1.165, 1.54) is 0 Å². The number of sulfone groups is 1. The monoisotopic (exact) mass is 273 g/mol. The van der Waals surface area contributed by atoms with Crippen molar-refractivity contribution in [2.24, 2.45) is 5.41 Å². The van der Waals surface area contributed by atoms with E-state index in [0.29, 0.717) is 12.4 Å². The third kappa shape index (κ3) is 4.68. The molecule has 2 N–H and O–H groups in total. The first-order valence-electron chi connectivity index (χ1n) is 6.15. The molecule has 18 heavy (non-hydrogen) atoms. The summed E-state index contributed by atoms with van der Waals surface area (Å²) in [5, 5.41) is 4.36. The number of anilines is 1. The molecule has 0 unspecified atom stereocenters. The van der Waals surface area contributed by atoms with Gasteiger partial charge < -0.3 is 5.73 Å². The maximum atomic E-state index is 11.4. The lowest BCUT2D eigenvalue weighted by molar-refractivity contribution is 0.403. The van der Waals surface area contributed by atoms with Gasteiger partial charge in [-0.05, 0) is 11.8 Å². The Morgan fingerprint density at radius 3 is 2.50 bits per heavy atom. The summed E-state index contributed by atoms with van der Waals surface area (Å²) in [5.41, 5.74) is 6.89. The van der Waals surface area contributed by atoms with Gasteiger partial charge in [-0.3, -0.25) is 0 Å². The van der Waals surface area contributed by atoms with Crippen LogP contribution in [0.4, 0.5) is 5.82 Å². The molecule has 0 saturated heterocycles. The highest BCUT2D eigenvalue weighted by Crippen LogP contribution is 2.20. The Morgan fingerprint density at radius 1 is 1.39 bits per heavy atom. The number of nitrogens with zero attached hydrogens (tertiary/aromatic N) is 2. The van der Waals surface area contributed by atoms with Crippen LogP contribution in [0.15, 0.2) is 6.07 Å². The molecule has 0 bridgehead atoms. The largest absolute Gasteiger partial charge is 0.384 e. The highest BCUT2D eigenvalue weighted by Gasteiger charge is 2.16. The molecule has 1 aromatic rings. The number of aromatic nitrogens is 2. The van der Waals surface area contributed by atoms with E-state index in [4.69, 9.17) is 5.73 Å². The van der Waals surface area contributed by atoms with Gasteiger partial charge >= 0.3 is 0 Å². The summed E-state index contributed by atoms with van der Waals surface area (Å²) in [4.78, 5) is 0. The smallest absolute Gasteiger partial charge is 0.151 e. The minimum absolute atomic E-state index is 0.0876. The average molecular weight is 273 g/mol. The SMILES string of the molecule is CCS(=O)(=O)CCn1nc(CC(C)(C)C)cc1N. The molecule has 0 spiro atoms. The van der Waals surface area contributed by atoms with Gasteiger partial charge in [0.1, 0.15) is 5.82 Å². The molecule has 0 radical (unpaired) electrons. The molecule has 1 heterocycles. The lowest BCUT2D eigenvalue weighted by atomic mass is 9.91. The topological polar surface area (TPSA) is 78.0 Å². The molecule has 0 aliphatic heterocycles. The molecule has 6 heteroatoms. The average Bonchev–Trinajstić information content (AvgIpc) is 2.53. The zero-order valence-corrected chi connectivity index (χ0v) is 12.4. The molecule has 0 amide bonds. The van der Waals surface area contributed by atoms with Crippen molar-refractivity contribution in [1.29, 1.82) is 0 Å². The van der Waals surface area contributed by atoms with Crippen molar-refractivity contribution in [3.63, 3.8) is 0 Å². The van der Waals surface area contributed by atoms with Crippen molar-refractivity contribution in [3.8, 4) is 0 Å². The lowest BCUT2D eigenvalue weighted by Crippen LogP contribution is -2.17. The minimum atomic E-state index is -2.98. The van der Waals surface area contributed by atoms with E-state index in [0.717, 1.165) is 12.1 Å². The number of nitrogen functional groups attached to an aromatic ring is 1. The standard InChI is InChI=1S/C12H23N3O2S/c1-5-18(16,17)7-6-15-11(13)8-10(14-15)9-12(2,3)4/h8H,5-7,9,13H2,1-4H3. The molecular formula is C12H23N3O2S. The third-order valence-corrected chi connectivity index (χ3v) is 4.31. The fraction of sp³-hybridized carbons (Fsp3) is 0.750. The van der Waals surface area contributed by atoms with Crippen molar-refractivity contribution in [2.45, 2.75) is 40.7 Å². The van der Waals surface area contributed by atoms with Crippen molar-refractivity contribution >= 4 is 15.7 Å². The van der Waals surface area contributed by atoms with Crippen LogP contribution in [0.25, 0.3) is 0 Å². The highest BCUT2D eigenvalue weighted by atomic mass is 32.2. The predicted octanol–water partition coefficient (Wildman–Crippen LogP) is 1.49. The summed E-state index contributed by atoms with van der Waals surface area (Å²) < 4.78 is 24.5. The van der Waals surface area contributed by atoms with Crippen LogP contribution >= 0.6 is 0 Å². The number of nitrogens with two attached hydrogens (primary N) is 1. The molecule has 1 rings (SSSR count). The number of hydrogen-bond donors (Lipinski definition) is 1. The zero-order chi connectivity index (χ0) is 14.0. The number of hydrogen-bond acceptors (Lipinski definition) is 4. The maximum Gasteiger partial charge on any atom is 0.151 e. The molecule has 1 aromatic heterocycles. The Kier molecular flexibility index (Phi) is 4.42. The van der Waals surface area contributed by atoms with Crippen LogP contribution < -0.4 is 5.73 Å². The van der Waals surface area contributed by atoms with E-state index in [1.54, 1.807) is 11.6 Å². The van der Waals surface area contributed by atoms with Gasteiger partial charge in [-0.2, -0.15) is 5.10 Å². The van der Waals surface area contributed by atoms with Gasteiger partial charge in [0, 0.05) is 11.8 Å². The molecular weight excluding hydrogens is 250 g/mol. The highest BCUT2D eigenvalue weighted by molar-refractivity contribution is 7.91. The normalized spacial score (nSPS) is 12.9. The first-order chi connectivity index (χ1) is 8.13. The molecule has 0 fully saturated rings. The summed E-state index contributed by atoms with van der Waals surface area (Å²) in [7, 11) is -2.98. The minimum Gasteiger partial charge on any atom is -0.384 e. The van der Waals surface area contributed by atoms with Gasteiger partial charge in [-0.1, -0.05) is 27.7 Å². The van der Waals surface area contributed by atoms with Crippen molar-refractivity contribution in [2.75, 3.05) is 17.2 Å². The second kappa shape index (κ2) is 5.30. The Bertz CT molecular complexity index is 498. The Morgan fingerprint density at radius 2 is 2.00 bits per heavy atom. The van der Waals surface area contributed by atoms with E-state index < -0.39 is 9.84 Å². The van der Waals surface area contributed by atoms with Gasteiger partial charge in [-0.15, -0.1) is 0 Å². The van der Waals surface area contributed by atoms with Crippen LogP contribution in [0.1, 0.15) is 33.4 Å². The number of aryl methyl sites for hydroxylation is 1. The third-order valence-electron chi connectivity index (χ3n) is 2.63. The van der Waals surface area contributed by atoms with Crippen molar-refractivity contribution < 1.29 is 8.42 Å². The summed E-state index contributed by atoms with van der Waals surface area (Å²) in [5.74, 6) is 0.772. The second-order valence-corrected chi connectivity index (χ2v) is 8.23. The molecule has 0 aliphatic carbocycles. The fourth-order valence-electron chi connectivity index (χ4n) is 1.67. The van der Waals surface area contributed by atoms with E-state index in [-0.39, 0.29) is 16.9 Å². The lowest BCUT2D eigenvalue weighted by Gasteiger charge is -2.15. The van der Waals surface area contributed by atoms with Gasteiger partial charge in [0.2, 0.25) is 0 Å². The van der Waals surface area contributed by atoms with Crippen molar-refractivity contribution in [1.82, 2.24) is 9.78 Å². The van der Waals surface area contributed by atoms with E-state index in [2.05, 4.69) is 25.9 Å². The summed E-state index contributed by atoms with van der Waals surface area (Å²) in [6.07, 6.45) is 0.824. The predicted molar refractivity (Wildman–Crippen MR) is 74.1 cm³/mol. The molecule has 0 aliphatic rings. The maximum absolute atomic E-state index is 11.4.